The molecular weight excluding hydrogens is 190 g/mol. The monoisotopic (exact) mass is 211 g/mol. The van der Waals surface area contributed by atoms with E-state index in [-0.39, 0.29) is 6.04 Å². The van der Waals surface area contributed by atoms with Crippen molar-refractivity contribution in [1.29, 1.82) is 0 Å². The molecule has 0 saturated heterocycles. The normalized spacial score (nSPS) is 13.2. The zero-order chi connectivity index (χ0) is 11.4. The second kappa shape index (κ2) is 5.16. The van der Waals surface area contributed by atoms with Gasteiger partial charge in [-0.25, -0.2) is 0 Å². The lowest BCUT2D eigenvalue weighted by Crippen LogP contribution is -2.18. The molecule has 0 spiro atoms. The fraction of sp³-hybridized carbons (Fsp3) is 0.727. The fourth-order valence-electron chi connectivity index (χ4n) is 1.72. The highest BCUT2D eigenvalue weighted by Gasteiger charge is 2.19. The first-order valence-electron chi connectivity index (χ1n) is 5.48. The van der Waals surface area contributed by atoms with Gasteiger partial charge in [0.05, 0.1) is 25.0 Å². The maximum absolute atomic E-state index is 6.12. The van der Waals surface area contributed by atoms with Crippen molar-refractivity contribution >= 4 is 0 Å². The Bertz CT molecular complexity index is 307. The summed E-state index contributed by atoms with van der Waals surface area (Å²) in [4.78, 5) is 0. The first-order valence-corrected chi connectivity index (χ1v) is 5.48. The van der Waals surface area contributed by atoms with E-state index in [4.69, 9.17) is 10.5 Å². The molecule has 1 aromatic heterocycles. The Morgan fingerprint density at radius 3 is 2.67 bits per heavy atom. The van der Waals surface area contributed by atoms with Crippen LogP contribution in [0.4, 0.5) is 0 Å². The summed E-state index contributed by atoms with van der Waals surface area (Å²) in [5, 5.41) is 4.30. The van der Waals surface area contributed by atoms with E-state index in [0.717, 1.165) is 24.3 Å². The smallest absolute Gasteiger partial charge is 0.161 e. The number of methoxy groups -OCH3 is 1. The van der Waals surface area contributed by atoms with E-state index in [2.05, 4.69) is 25.9 Å². The van der Waals surface area contributed by atoms with Crippen LogP contribution >= 0.6 is 0 Å². The molecule has 0 fully saturated rings. The van der Waals surface area contributed by atoms with Gasteiger partial charge >= 0.3 is 0 Å². The summed E-state index contributed by atoms with van der Waals surface area (Å²) in [5.74, 6) is 0.796. The summed E-state index contributed by atoms with van der Waals surface area (Å²) in [6, 6.07) is 0.321. The maximum Gasteiger partial charge on any atom is 0.161 e. The van der Waals surface area contributed by atoms with Crippen LogP contribution in [0.1, 0.15) is 51.4 Å². The summed E-state index contributed by atoms with van der Waals surface area (Å²) in [5.41, 5.74) is 7.13. The average Bonchev–Trinajstić information content (AvgIpc) is 2.61. The average molecular weight is 211 g/mol. The van der Waals surface area contributed by atoms with Crippen molar-refractivity contribution in [3.63, 3.8) is 0 Å². The largest absolute Gasteiger partial charge is 0.493 e. The molecule has 1 rings (SSSR count). The summed E-state index contributed by atoms with van der Waals surface area (Å²) in [6.07, 6.45) is 3.76. The van der Waals surface area contributed by atoms with Gasteiger partial charge in [0.25, 0.3) is 0 Å². The van der Waals surface area contributed by atoms with Gasteiger partial charge in [0, 0.05) is 6.04 Å². The minimum atomic E-state index is 0.00912. The molecule has 2 N–H and O–H groups in total. The molecule has 1 unspecified atom stereocenters. The van der Waals surface area contributed by atoms with Gasteiger partial charge in [0.2, 0.25) is 0 Å². The minimum absolute atomic E-state index is 0.00912. The third-order valence-electron chi connectivity index (χ3n) is 2.46. The molecule has 4 heteroatoms. The highest BCUT2D eigenvalue weighted by atomic mass is 16.5. The summed E-state index contributed by atoms with van der Waals surface area (Å²) in [6.45, 7) is 6.31. The van der Waals surface area contributed by atoms with Crippen LogP contribution in [0.25, 0.3) is 0 Å². The van der Waals surface area contributed by atoms with Crippen LogP contribution in [0.15, 0.2) is 6.20 Å². The molecule has 86 valence electrons. The van der Waals surface area contributed by atoms with Crippen LogP contribution in [0.5, 0.6) is 5.75 Å². The topological polar surface area (TPSA) is 53.1 Å². The number of hydrogen-bond acceptors (Lipinski definition) is 3. The van der Waals surface area contributed by atoms with E-state index in [9.17, 15) is 0 Å². The summed E-state index contributed by atoms with van der Waals surface area (Å²) < 4.78 is 7.22. The molecule has 1 atom stereocenters. The number of nitrogens with zero attached hydrogens (tertiary/aromatic N) is 2. The predicted octanol–water partition coefficient (Wildman–Crippen LogP) is 2.27. The Morgan fingerprint density at radius 1 is 1.53 bits per heavy atom. The molecule has 0 aromatic carbocycles. The highest BCUT2D eigenvalue weighted by molar-refractivity contribution is 5.28. The van der Waals surface area contributed by atoms with Crippen LogP contribution in [0.3, 0.4) is 0 Å². The Kier molecular flexibility index (Phi) is 4.15. The van der Waals surface area contributed by atoms with Crippen molar-refractivity contribution in [3.8, 4) is 5.75 Å². The Morgan fingerprint density at radius 2 is 2.20 bits per heavy atom. The van der Waals surface area contributed by atoms with Crippen molar-refractivity contribution in [2.45, 2.75) is 45.7 Å². The number of hydrogen-bond donors (Lipinski definition) is 1. The van der Waals surface area contributed by atoms with Crippen molar-refractivity contribution in [3.05, 3.63) is 11.9 Å². The lowest BCUT2D eigenvalue weighted by atomic mass is 10.1. The number of nitrogens with two attached hydrogens (primary N) is 1. The van der Waals surface area contributed by atoms with Gasteiger partial charge in [-0.05, 0) is 20.3 Å². The van der Waals surface area contributed by atoms with Gasteiger partial charge in [0.15, 0.2) is 5.75 Å². The SMILES string of the molecule is CCCC(N)c1c(OC)cnn1C(C)C. The van der Waals surface area contributed by atoms with Crippen molar-refractivity contribution < 1.29 is 4.74 Å². The molecular formula is C11H21N3O. The molecule has 0 amide bonds. The molecule has 15 heavy (non-hydrogen) atoms. The van der Waals surface area contributed by atoms with Crippen molar-refractivity contribution in [2.24, 2.45) is 5.73 Å². The zero-order valence-corrected chi connectivity index (χ0v) is 10.0. The van der Waals surface area contributed by atoms with E-state index in [1.807, 2.05) is 4.68 Å². The van der Waals surface area contributed by atoms with E-state index >= 15 is 0 Å². The van der Waals surface area contributed by atoms with Crippen LogP contribution in [-0.4, -0.2) is 16.9 Å². The number of aromatic nitrogens is 2. The maximum atomic E-state index is 6.12. The zero-order valence-electron chi connectivity index (χ0n) is 10.0. The fourth-order valence-corrected chi connectivity index (χ4v) is 1.72. The number of rotatable bonds is 5. The number of ether oxygens (including phenoxy) is 1. The van der Waals surface area contributed by atoms with Gasteiger partial charge in [-0.3, -0.25) is 4.68 Å². The lowest BCUT2D eigenvalue weighted by molar-refractivity contribution is 0.393. The van der Waals surface area contributed by atoms with Crippen molar-refractivity contribution in [2.75, 3.05) is 7.11 Å². The van der Waals surface area contributed by atoms with Gasteiger partial charge in [-0.15, -0.1) is 0 Å². The first kappa shape index (κ1) is 12.0. The van der Waals surface area contributed by atoms with E-state index < -0.39 is 0 Å². The lowest BCUT2D eigenvalue weighted by Gasteiger charge is -2.17. The van der Waals surface area contributed by atoms with Crippen LogP contribution in [0.2, 0.25) is 0 Å². The van der Waals surface area contributed by atoms with Gasteiger partial charge in [-0.1, -0.05) is 13.3 Å². The molecule has 0 bridgehead atoms. The highest BCUT2D eigenvalue weighted by Crippen LogP contribution is 2.28. The molecule has 1 heterocycles. The van der Waals surface area contributed by atoms with Crippen LogP contribution in [-0.2, 0) is 0 Å². The van der Waals surface area contributed by atoms with E-state index in [0.29, 0.717) is 6.04 Å². The standard InChI is InChI=1S/C11H21N3O/c1-5-6-9(12)11-10(15-4)7-13-14(11)8(2)3/h7-9H,5-6,12H2,1-4H3. The van der Waals surface area contributed by atoms with E-state index in [1.165, 1.54) is 0 Å². The molecule has 0 aliphatic rings. The molecule has 0 aliphatic heterocycles. The second-order valence-electron chi connectivity index (χ2n) is 4.03. The Labute approximate surface area is 91.4 Å². The third-order valence-corrected chi connectivity index (χ3v) is 2.46. The molecule has 4 nitrogen and oxygen atoms in total. The van der Waals surface area contributed by atoms with Crippen LogP contribution < -0.4 is 10.5 Å². The Hall–Kier alpha value is -1.03. The molecule has 0 saturated carbocycles. The second-order valence-corrected chi connectivity index (χ2v) is 4.03. The predicted molar refractivity (Wildman–Crippen MR) is 61.0 cm³/mol. The van der Waals surface area contributed by atoms with Crippen molar-refractivity contribution in [1.82, 2.24) is 9.78 Å². The first-order chi connectivity index (χ1) is 7.11. The molecule has 1 aromatic rings. The summed E-state index contributed by atoms with van der Waals surface area (Å²) >= 11 is 0. The Balaban J connectivity index is 3.04. The quantitative estimate of drug-likeness (QED) is 0.812. The van der Waals surface area contributed by atoms with Crippen LogP contribution in [0, 0.1) is 0 Å². The van der Waals surface area contributed by atoms with Gasteiger partial charge < -0.3 is 10.5 Å². The third kappa shape index (κ3) is 2.50. The molecule has 0 aliphatic carbocycles. The minimum Gasteiger partial charge on any atom is -0.493 e. The van der Waals surface area contributed by atoms with Gasteiger partial charge in [-0.2, -0.15) is 5.10 Å². The van der Waals surface area contributed by atoms with Gasteiger partial charge in [0.1, 0.15) is 0 Å². The van der Waals surface area contributed by atoms with E-state index in [1.54, 1.807) is 13.3 Å². The summed E-state index contributed by atoms with van der Waals surface area (Å²) in [7, 11) is 1.66. The molecule has 0 radical (unpaired) electrons.